The van der Waals surface area contributed by atoms with Crippen LogP contribution in [0.2, 0.25) is 0 Å². The average Bonchev–Trinajstić information content (AvgIpc) is 2.42. The molecule has 1 aromatic carbocycles. The van der Waals surface area contributed by atoms with Gasteiger partial charge >= 0.3 is 0 Å². The number of nitrogens with two attached hydrogens (primary N) is 1. The molecule has 0 aromatic heterocycles. The fraction of sp³-hybridized carbons (Fsp3) is 0.600. The van der Waals surface area contributed by atoms with E-state index in [0.717, 1.165) is 17.7 Å². The van der Waals surface area contributed by atoms with E-state index in [-0.39, 0.29) is 11.5 Å². The van der Waals surface area contributed by atoms with E-state index >= 15 is 0 Å². The summed E-state index contributed by atoms with van der Waals surface area (Å²) in [6, 6.07) is 7.56. The fourth-order valence-corrected chi connectivity index (χ4v) is 3.38. The van der Waals surface area contributed by atoms with E-state index in [9.17, 15) is 8.42 Å². The number of hydrogen-bond acceptors (Lipinski definition) is 4. The predicted molar refractivity (Wildman–Crippen MR) is 82.6 cm³/mol. The third-order valence-electron chi connectivity index (χ3n) is 3.06. The quantitative estimate of drug-likeness (QED) is 0.711. The second kappa shape index (κ2) is 8.27. The zero-order valence-electron chi connectivity index (χ0n) is 12.3. The van der Waals surface area contributed by atoms with Crippen LogP contribution in [0, 0.1) is 5.92 Å². The summed E-state index contributed by atoms with van der Waals surface area (Å²) in [6.45, 7) is 4.88. The summed E-state index contributed by atoms with van der Waals surface area (Å²) >= 11 is 0. The van der Waals surface area contributed by atoms with E-state index in [1.54, 1.807) is 0 Å². The molecule has 5 heteroatoms. The molecule has 114 valence electrons. The molecule has 0 saturated heterocycles. The lowest BCUT2D eigenvalue weighted by Crippen LogP contribution is -2.15. The Morgan fingerprint density at radius 1 is 1.20 bits per heavy atom. The predicted octanol–water partition coefficient (Wildman–Crippen LogP) is 2.38. The number of rotatable bonds is 9. The Kier molecular flexibility index (Phi) is 7.02. The molecule has 0 unspecified atom stereocenters. The lowest BCUT2D eigenvalue weighted by atomic mass is 10.2. The van der Waals surface area contributed by atoms with Crippen molar-refractivity contribution in [2.45, 2.75) is 33.2 Å². The molecule has 0 aliphatic heterocycles. The highest BCUT2D eigenvalue weighted by atomic mass is 32.2. The maximum absolute atomic E-state index is 11.8. The molecule has 0 fully saturated rings. The van der Waals surface area contributed by atoms with Crippen LogP contribution in [0.1, 0.15) is 32.3 Å². The summed E-state index contributed by atoms with van der Waals surface area (Å²) < 4.78 is 29.2. The van der Waals surface area contributed by atoms with Gasteiger partial charge in [-0.15, -0.1) is 0 Å². The van der Waals surface area contributed by atoms with Gasteiger partial charge in [-0.05, 0) is 24.8 Å². The average molecular weight is 299 g/mol. The van der Waals surface area contributed by atoms with Gasteiger partial charge < -0.3 is 10.5 Å². The molecule has 4 nitrogen and oxygen atoms in total. The molecule has 0 saturated carbocycles. The first kappa shape index (κ1) is 17.0. The Hall–Kier alpha value is -1.07. The van der Waals surface area contributed by atoms with Crippen molar-refractivity contribution in [2.24, 2.45) is 11.7 Å². The Balaban J connectivity index is 2.34. The summed E-state index contributed by atoms with van der Waals surface area (Å²) in [4.78, 5) is 0. The fourth-order valence-electron chi connectivity index (χ4n) is 1.79. The van der Waals surface area contributed by atoms with Crippen molar-refractivity contribution >= 4 is 9.84 Å². The highest BCUT2D eigenvalue weighted by Gasteiger charge is 2.11. The van der Waals surface area contributed by atoms with Gasteiger partial charge in [0.2, 0.25) is 0 Å². The van der Waals surface area contributed by atoms with Gasteiger partial charge in [0.25, 0.3) is 0 Å². The molecule has 0 spiro atoms. The van der Waals surface area contributed by atoms with Crippen molar-refractivity contribution in [1.29, 1.82) is 0 Å². The number of benzene rings is 1. The molecular weight excluding hydrogens is 274 g/mol. The Morgan fingerprint density at radius 2 is 1.90 bits per heavy atom. The number of sulfone groups is 1. The van der Waals surface area contributed by atoms with Gasteiger partial charge in [0, 0.05) is 12.1 Å². The molecule has 0 amide bonds. The molecule has 0 bridgehead atoms. The SMILES string of the molecule is CC(C)CCS(=O)(=O)CCCOc1ccccc1CN. The highest BCUT2D eigenvalue weighted by Crippen LogP contribution is 2.17. The smallest absolute Gasteiger partial charge is 0.150 e. The molecule has 0 radical (unpaired) electrons. The third-order valence-corrected chi connectivity index (χ3v) is 4.82. The maximum atomic E-state index is 11.8. The van der Waals surface area contributed by atoms with Crippen LogP contribution < -0.4 is 10.5 Å². The first-order valence-electron chi connectivity index (χ1n) is 7.06. The van der Waals surface area contributed by atoms with Gasteiger partial charge in [-0.1, -0.05) is 32.0 Å². The monoisotopic (exact) mass is 299 g/mol. The van der Waals surface area contributed by atoms with E-state index in [0.29, 0.717) is 25.5 Å². The number of ether oxygens (including phenoxy) is 1. The summed E-state index contributed by atoms with van der Waals surface area (Å²) in [6.07, 6.45) is 1.23. The lowest BCUT2D eigenvalue weighted by molar-refractivity contribution is 0.314. The van der Waals surface area contributed by atoms with Crippen molar-refractivity contribution < 1.29 is 13.2 Å². The van der Waals surface area contributed by atoms with Crippen LogP contribution in [0.15, 0.2) is 24.3 Å². The van der Waals surface area contributed by atoms with Crippen LogP contribution >= 0.6 is 0 Å². The molecule has 0 atom stereocenters. The van der Waals surface area contributed by atoms with E-state index in [1.165, 1.54) is 0 Å². The molecule has 1 rings (SSSR count). The van der Waals surface area contributed by atoms with Crippen molar-refractivity contribution in [3.05, 3.63) is 29.8 Å². The highest BCUT2D eigenvalue weighted by molar-refractivity contribution is 7.91. The van der Waals surface area contributed by atoms with Crippen LogP contribution in [-0.4, -0.2) is 26.5 Å². The second-order valence-corrected chi connectivity index (χ2v) is 7.65. The largest absolute Gasteiger partial charge is 0.493 e. The van der Waals surface area contributed by atoms with Gasteiger partial charge in [0.05, 0.1) is 18.1 Å². The van der Waals surface area contributed by atoms with E-state index in [1.807, 2.05) is 38.1 Å². The Morgan fingerprint density at radius 3 is 2.55 bits per heavy atom. The van der Waals surface area contributed by atoms with Crippen LogP contribution in [-0.2, 0) is 16.4 Å². The zero-order chi connectivity index (χ0) is 15.0. The van der Waals surface area contributed by atoms with Crippen LogP contribution in [0.4, 0.5) is 0 Å². The van der Waals surface area contributed by atoms with E-state index in [2.05, 4.69) is 0 Å². The van der Waals surface area contributed by atoms with Gasteiger partial charge in [-0.2, -0.15) is 0 Å². The molecule has 0 aliphatic rings. The molecular formula is C15H25NO3S. The second-order valence-electron chi connectivity index (χ2n) is 5.35. The molecule has 0 aliphatic carbocycles. The number of hydrogen-bond donors (Lipinski definition) is 1. The standard InChI is InChI=1S/C15H25NO3S/c1-13(2)8-11-20(17,18)10-5-9-19-15-7-4-3-6-14(15)12-16/h3-4,6-7,13H,5,8-12,16H2,1-2H3. The van der Waals surface area contributed by atoms with Crippen molar-refractivity contribution in [1.82, 2.24) is 0 Å². The Labute approximate surface area is 122 Å². The lowest BCUT2D eigenvalue weighted by Gasteiger charge is -2.10. The van der Waals surface area contributed by atoms with Gasteiger partial charge in [0.1, 0.15) is 15.6 Å². The molecule has 20 heavy (non-hydrogen) atoms. The normalized spacial score (nSPS) is 11.8. The Bertz CT molecular complexity index is 498. The minimum absolute atomic E-state index is 0.185. The summed E-state index contributed by atoms with van der Waals surface area (Å²) in [5.41, 5.74) is 6.56. The van der Waals surface area contributed by atoms with E-state index < -0.39 is 9.84 Å². The first-order valence-corrected chi connectivity index (χ1v) is 8.88. The minimum atomic E-state index is -2.95. The topological polar surface area (TPSA) is 69.4 Å². The summed E-state index contributed by atoms with van der Waals surface area (Å²) in [7, 11) is -2.95. The molecule has 0 heterocycles. The van der Waals surface area contributed by atoms with Crippen LogP contribution in [0.3, 0.4) is 0 Å². The zero-order valence-corrected chi connectivity index (χ0v) is 13.2. The summed E-state index contributed by atoms with van der Waals surface area (Å²) in [5.74, 6) is 1.61. The first-order chi connectivity index (χ1) is 9.44. The van der Waals surface area contributed by atoms with Gasteiger partial charge in [0.15, 0.2) is 0 Å². The van der Waals surface area contributed by atoms with Crippen LogP contribution in [0.25, 0.3) is 0 Å². The van der Waals surface area contributed by atoms with Crippen molar-refractivity contribution in [2.75, 3.05) is 18.1 Å². The van der Waals surface area contributed by atoms with Crippen molar-refractivity contribution in [3.63, 3.8) is 0 Å². The third kappa shape index (κ3) is 6.39. The maximum Gasteiger partial charge on any atom is 0.150 e. The van der Waals surface area contributed by atoms with Crippen molar-refractivity contribution in [3.8, 4) is 5.75 Å². The van der Waals surface area contributed by atoms with Crippen LogP contribution in [0.5, 0.6) is 5.75 Å². The van der Waals surface area contributed by atoms with Gasteiger partial charge in [-0.25, -0.2) is 8.42 Å². The minimum Gasteiger partial charge on any atom is -0.493 e. The summed E-state index contributed by atoms with van der Waals surface area (Å²) in [5, 5.41) is 0. The van der Waals surface area contributed by atoms with Gasteiger partial charge in [-0.3, -0.25) is 0 Å². The molecule has 2 N–H and O–H groups in total. The molecule has 1 aromatic rings. The number of para-hydroxylation sites is 1. The van der Waals surface area contributed by atoms with E-state index in [4.69, 9.17) is 10.5 Å².